The molecule has 1 N–H and O–H groups in total. The molecule has 0 bridgehead atoms. The summed E-state index contributed by atoms with van der Waals surface area (Å²) in [7, 11) is 0. The molecule has 0 aromatic carbocycles. The van der Waals surface area contributed by atoms with Gasteiger partial charge in [0.1, 0.15) is 0 Å². The molecular weight excluding hydrogens is 190 g/mol. The Bertz CT molecular complexity index is 59.5. The lowest BCUT2D eigenvalue weighted by Crippen LogP contribution is -1.78. The summed E-state index contributed by atoms with van der Waals surface area (Å²) in [4.78, 5) is 9.00. The van der Waals surface area contributed by atoms with Gasteiger partial charge in [0.05, 0.1) is 0 Å². The molecule has 0 spiro atoms. The average molecular weight is 196 g/mol. The van der Waals surface area contributed by atoms with Crippen molar-refractivity contribution in [1.29, 1.82) is 0 Å². The van der Waals surface area contributed by atoms with Crippen LogP contribution in [0.3, 0.4) is 0 Å². The minimum Gasteiger partial charge on any atom is -0.481 e. The minimum absolute atomic E-state index is 0.833. The molecule has 0 heterocycles. The van der Waals surface area contributed by atoms with Crippen LogP contribution in [0.25, 0.3) is 0 Å². The van der Waals surface area contributed by atoms with E-state index in [1.807, 2.05) is 0 Å². The second kappa shape index (κ2) is 7.56. The van der Waals surface area contributed by atoms with Crippen LogP contribution >= 0.6 is 33.2 Å². The maximum atomic E-state index is 9.00. The van der Waals surface area contributed by atoms with Gasteiger partial charge in [-0.2, -0.15) is 0 Å². The van der Waals surface area contributed by atoms with Gasteiger partial charge in [0.2, 0.25) is 0 Å². The molecule has 6 heteroatoms. The van der Waals surface area contributed by atoms with Crippen molar-refractivity contribution in [2.24, 2.45) is 0 Å². The Morgan fingerprint density at radius 3 is 1.50 bits per heavy atom. The third-order valence-electron chi connectivity index (χ3n) is 0. The van der Waals surface area contributed by atoms with E-state index in [4.69, 9.17) is 43.1 Å². The molecule has 0 aromatic heterocycles. The molecule has 0 aliphatic carbocycles. The third-order valence-corrected chi connectivity index (χ3v) is 0. The number of hydrogen-bond donors (Lipinski definition) is 1. The van der Waals surface area contributed by atoms with Gasteiger partial charge >= 0.3 is 6.73 Å². The Balaban J connectivity index is 0. The number of carboxylic acid groups (broad SMARTS) is 1. The van der Waals surface area contributed by atoms with Gasteiger partial charge in [-0.25, -0.2) is 0 Å². The molecule has 0 atom stereocenters. The van der Waals surface area contributed by atoms with Crippen molar-refractivity contribution in [3.8, 4) is 0 Å². The van der Waals surface area contributed by atoms with E-state index >= 15 is 0 Å². The van der Waals surface area contributed by atoms with Crippen LogP contribution in [0.5, 0.6) is 0 Å². The zero-order chi connectivity index (χ0) is 7.15. The predicted octanol–water partition coefficient (Wildman–Crippen LogP) is 1.51. The van der Waals surface area contributed by atoms with Gasteiger partial charge in [0, 0.05) is 6.92 Å². The van der Waals surface area contributed by atoms with E-state index in [0.29, 0.717) is 0 Å². The van der Waals surface area contributed by atoms with E-state index in [9.17, 15) is 0 Å². The van der Waals surface area contributed by atoms with Crippen LogP contribution in [0.2, 0.25) is 0 Å². The van der Waals surface area contributed by atoms with Gasteiger partial charge in [-0.15, -0.1) is 33.2 Å². The largest absolute Gasteiger partial charge is 0.481 e. The number of carboxylic acids is 1. The monoisotopic (exact) mass is 194 g/mol. The van der Waals surface area contributed by atoms with E-state index < -0.39 is 12.7 Å². The van der Waals surface area contributed by atoms with Crippen molar-refractivity contribution in [1.82, 2.24) is 0 Å². The quantitative estimate of drug-likeness (QED) is 0.470. The van der Waals surface area contributed by atoms with E-state index in [1.54, 1.807) is 0 Å². The minimum atomic E-state index is -1.72. The maximum absolute atomic E-state index is 9.00. The fourth-order valence-electron chi connectivity index (χ4n) is 0. The topological polar surface area (TPSA) is 37.3 Å². The summed E-state index contributed by atoms with van der Waals surface area (Å²) in [5.41, 5.74) is 0. The summed E-state index contributed by atoms with van der Waals surface area (Å²) in [5, 5.41) is 7.42. The lowest BCUT2D eigenvalue weighted by atomic mass is 10.9. The highest BCUT2D eigenvalue weighted by molar-refractivity contribution is 7.54. The Hall–Kier alpha value is 0.557. The Morgan fingerprint density at radius 1 is 1.50 bits per heavy atom. The Morgan fingerprint density at radius 2 is 1.50 bits per heavy atom. The van der Waals surface area contributed by atoms with Crippen LogP contribution in [0, 0.1) is 0 Å². The first kappa shape index (κ1) is 11.4. The van der Waals surface area contributed by atoms with E-state index in [0.717, 1.165) is 6.92 Å². The zero-order valence-corrected chi connectivity index (χ0v) is 7.49. The van der Waals surface area contributed by atoms with Crippen molar-refractivity contribution < 1.29 is 9.90 Å². The first-order chi connectivity index (χ1) is 3.46. The molecule has 0 amide bonds. The highest BCUT2D eigenvalue weighted by atomic mass is 35.8. The Labute approximate surface area is 63.1 Å². The van der Waals surface area contributed by atoms with E-state index in [-0.39, 0.29) is 0 Å². The van der Waals surface area contributed by atoms with Crippen LogP contribution in [-0.4, -0.2) is 17.8 Å². The zero-order valence-electron chi connectivity index (χ0n) is 4.07. The van der Waals surface area contributed by atoms with Crippen molar-refractivity contribution in [3.63, 3.8) is 0 Å². The van der Waals surface area contributed by atoms with E-state index in [1.165, 1.54) is 0 Å². The van der Waals surface area contributed by atoms with Gasteiger partial charge < -0.3 is 5.11 Å². The molecule has 0 rings (SSSR count). The lowest BCUT2D eigenvalue weighted by molar-refractivity contribution is -0.134. The standard InChI is InChI=1S/C2H4O2.Cl3HSi/c1-2(3)4;1-4(2)3/h1H3,(H,3,4);4H. The molecule has 0 aliphatic rings. The summed E-state index contributed by atoms with van der Waals surface area (Å²) < 4.78 is 0. The van der Waals surface area contributed by atoms with Gasteiger partial charge in [0.15, 0.2) is 0 Å². The first-order valence-corrected chi connectivity index (χ1v) is 6.82. The normalized spacial score (nSPS) is 7.62. The maximum Gasteiger partial charge on any atom is 0.326 e. The molecule has 0 aliphatic heterocycles. The van der Waals surface area contributed by atoms with Crippen LogP contribution in [0.1, 0.15) is 6.92 Å². The average Bonchev–Trinajstić information content (AvgIpc) is 1.25. The highest BCUT2D eigenvalue weighted by Crippen LogP contribution is 1.97. The summed E-state index contributed by atoms with van der Waals surface area (Å²) in [6, 6.07) is 0. The van der Waals surface area contributed by atoms with Gasteiger partial charge in [-0.05, 0) is 0 Å². The Kier molecular flexibility index (Phi) is 10.7. The molecule has 0 saturated carbocycles. The number of hydrogen-bond acceptors (Lipinski definition) is 1. The molecule has 0 aromatic rings. The van der Waals surface area contributed by atoms with Gasteiger partial charge in [-0.1, -0.05) is 0 Å². The number of halogens is 3. The number of carbonyl (C=O) groups is 1. The SMILES string of the molecule is CC(=O)O.Cl[SiH](Cl)Cl. The van der Waals surface area contributed by atoms with Crippen LogP contribution in [-0.2, 0) is 4.79 Å². The highest BCUT2D eigenvalue weighted by Gasteiger charge is 1.85. The van der Waals surface area contributed by atoms with Crippen molar-refractivity contribution in [3.05, 3.63) is 0 Å². The summed E-state index contributed by atoms with van der Waals surface area (Å²) in [6.45, 7) is -0.639. The molecule has 8 heavy (non-hydrogen) atoms. The van der Waals surface area contributed by atoms with Gasteiger partial charge in [0.25, 0.3) is 5.97 Å². The fraction of sp³-hybridized carbons (Fsp3) is 0.500. The second-order valence-electron chi connectivity index (χ2n) is 0.766. The summed E-state index contributed by atoms with van der Waals surface area (Å²) in [5.74, 6) is -0.833. The first-order valence-electron chi connectivity index (χ1n) is 1.58. The number of rotatable bonds is 0. The van der Waals surface area contributed by atoms with Crippen LogP contribution in [0.4, 0.5) is 0 Å². The van der Waals surface area contributed by atoms with Crippen LogP contribution < -0.4 is 0 Å². The molecule has 2 nitrogen and oxygen atoms in total. The summed E-state index contributed by atoms with van der Waals surface area (Å²) in [6.07, 6.45) is 0. The van der Waals surface area contributed by atoms with Gasteiger partial charge in [-0.3, -0.25) is 4.79 Å². The van der Waals surface area contributed by atoms with Crippen molar-refractivity contribution in [2.45, 2.75) is 6.92 Å². The van der Waals surface area contributed by atoms with Crippen molar-refractivity contribution in [2.75, 3.05) is 0 Å². The summed E-state index contributed by atoms with van der Waals surface area (Å²) >= 11 is 14.8. The van der Waals surface area contributed by atoms with Crippen molar-refractivity contribution >= 4 is 45.9 Å². The molecule has 0 unspecified atom stereocenters. The molecule has 0 fully saturated rings. The lowest BCUT2D eigenvalue weighted by Gasteiger charge is -1.65. The molecule has 0 radical (unpaired) electrons. The van der Waals surface area contributed by atoms with Crippen LogP contribution in [0.15, 0.2) is 0 Å². The molecule has 50 valence electrons. The second-order valence-corrected chi connectivity index (χ2v) is 7.20. The predicted molar refractivity (Wildman–Crippen MR) is 38.0 cm³/mol. The number of aliphatic carboxylic acids is 1. The fourth-order valence-corrected chi connectivity index (χ4v) is 0. The van der Waals surface area contributed by atoms with E-state index in [2.05, 4.69) is 0 Å². The molecule has 0 saturated heterocycles. The third kappa shape index (κ3) is 653. The molecular formula is C2H5Cl3O2Si. The smallest absolute Gasteiger partial charge is 0.326 e.